The number of rotatable bonds is 7. The maximum atomic E-state index is 9.28. The van der Waals surface area contributed by atoms with Gasteiger partial charge in [-0.25, -0.2) is 0 Å². The van der Waals surface area contributed by atoms with Crippen LogP contribution in [-0.4, -0.2) is 42.4 Å². The molecule has 0 aliphatic heterocycles. The van der Waals surface area contributed by atoms with Crippen LogP contribution in [0.15, 0.2) is 24.3 Å². The molecule has 0 bridgehead atoms. The molecule has 3 heteroatoms. The van der Waals surface area contributed by atoms with E-state index in [9.17, 15) is 5.11 Å². The Morgan fingerprint density at radius 1 is 1.17 bits per heavy atom. The van der Waals surface area contributed by atoms with Gasteiger partial charge in [0.2, 0.25) is 0 Å². The number of likely N-dealkylation sites (N-methyl/N-ethyl adjacent to an activating group) is 1. The monoisotopic (exact) mass is 251 g/mol. The molecule has 0 radical (unpaired) electrons. The van der Waals surface area contributed by atoms with Crippen molar-refractivity contribution in [3.8, 4) is 5.75 Å². The zero-order valence-electron chi connectivity index (χ0n) is 11.9. The van der Waals surface area contributed by atoms with E-state index < -0.39 is 0 Å². The number of phenolic OH excluding ortho intramolecular Hbond substituents is 1. The maximum Gasteiger partial charge on any atom is 0.115 e. The number of benzene rings is 1. The predicted molar refractivity (Wildman–Crippen MR) is 75.0 cm³/mol. The molecule has 0 fully saturated rings. The summed E-state index contributed by atoms with van der Waals surface area (Å²) in [7, 11) is 1.75. The lowest BCUT2D eigenvalue weighted by Gasteiger charge is -2.33. The van der Waals surface area contributed by atoms with Crippen molar-refractivity contribution >= 4 is 0 Å². The van der Waals surface area contributed by atoms with Crippen LogP contribution in [0, 0.1) is 0 Å². The number of aromatic hydroxyl groups is 1. The van der Waals surface area contributed by atoms with Crippen LogP contribution in [0.5, 0.6) is 5.75 Å². The Labute approximate surface area is 110 Å². The van der Waals surface area contributed by atoms with Gasteiger partial charge in [0.15, 0.2) is 0 Å². The second-order valence-corrected chi connectivity index (χ2v) is 4.85. The average Bonchev–Trinajstić information content (AvgIpc) is 2.33. The van der Waals surface area contributed by atoms with E-state index in [2.05, 4.69) is 25.7 Å². The normalized spacial score (nSPS) is 14.7. The molecular formula is C15H25NO2. The Bertz CT molecular complexity index is 337. The van der Waals surface area contributed by atoms with Crippen molar-refractivity contribution in [2.45, 2.75) is 39.3 Å². The molecule has 0 saturated carbocycles. The molecule has 2 unspecified atom stereocenters. The average molecular weight is 251 g/mol. The van der Waals surface area contributed by atoms with E-state index in [1.807, 2.05) is 12.1 Å². The molecule has 0 aliphatic carbocycles. The molecule has 0 aromatic heterocycles. The SMILES string of the molecule is CCN(C(C)COC)C(C)Cc1ccc(O)cc1. The number of nitrogens with zero attached hydrogens (tertiary/aromatic N) is 1. The van der Waals surface area contributed by atoms with Crippen LogP contribution in [0.25, 0.3) is 0 Å². The third-order valence-electron chi connectivity index (χ3n) is 3.37. The zero-order valence-corrected chi connectivity index (χ0v) is 11.9. The minimum absolute atomic E-state index is 0.325. The molecule has 102 valence electrons. The van der Waals surface area contributed by atoms with E-state index in [-0.39, 0.29) is 0 Å². The van der Waals surface area contributed by atoms with Crippen molar-refractivity contribution in [3.63, 3.8) is 0 Å². The van der Waals surface area contributed by atoms with Gasteiger partial charge in [-0.1, -0.05) is 19.1 Å². The third-order valence-corrected chi connectivity index (χ3v) is 3.37. The third kappa shape index (κ3) is 4.31. The number of hydrogen-bond donors (Lipinski definition) is 1. The molecule has 0 amide bonds. The highest BCUT2D eigenvalue weighted by atomic mass is 16.5. The zero-order chi connectivity index (χ0) is 13.5. The van der Waals surface area contributed by atoms with Gasteiger partial charge in [-0.05, 0) is 44.5 Å². The largest absolute Gasteiger partial charge is 0.508 e. The fourth-order valence-electron chi connectivity index (χ4n) is 2.49. The van der Waals surface area contributed by atoms with Gasteiger partial charge in [-0.2, -0.15) is 0 Å². The van der Waals surface area contributed by atoms with E-state index in [1.165, 1.54) is 5.56 Å². The van der Waals surface area contributed by atoms with Crippen molar-refractivity contribution in [1.82, 2.24) is 4.90 Å². The Balaban J connectivity index is 2.61. The van der Waals surface area contributed by atoms with E-state index in [4.69, 9.17) is 4.74 Å². The molecule has 1 N–H and O–H groups in total. The molecule has 18 heavy (non-hydrogen) atoms. The van der Waals surface area contributed by atoms with Gasteiger partial charge in [0.1, 0.15) is 5.75 Å². The molecule has 0 saturated heterocycles. The summed E-state index contributed by atoms with van der Waals surface area (Å²) in [6.07, 6.45) is 0.988. The van der Waals surface area contributed by atoms with Crippen molar-refractivity contribution < 1.29 is 9.84 Å². The first-order chi connectivity index (χ1) is 8.58. The molecular weight excluding hydrogens is 226 g/mol. The smallest absolute Gasteiger partial charge is 0.115 e. The number of methoxy groups -OCH3 is 1. The van der Waals surface area contributed by atoms with Crippen LogP contribution in [0.4, 0.5) is 0 Å². The summed E-state index contributed by atoms with van der Waals surface area (Å²) in [6, 6.07) is 8.35. The number of hydrogen-bond acceptors (Lipinski definition) is 3. The minimum atomic E-state index is 0.325. The fourth-order valence-corrected chi connectivity index (χ4v) is 2.49. The molecule has 3 nitrogen and oxygen atoms in total. The lowest BCUT2D eigenvalue weighted by Crippen LogP contribution is -2.43. The highest BCUT2D eigenvalue weighted by molar-refractivity contribution is 5.26. The minimum Gasteiger partial charge on any atom is -0.508 e. The summed E-state index contributed by atoms with van der Waals surface area (Å²) in [4.78, 5) is 2.44. The first kappa shape index (κ1) is 15.0. The van der Waals surface area contributed by atoms with E-state index in [1.54, 1.807) is 19.2 Å². The molecule has 0 aliphatic rings. The maximum absolute atomic E-state index is 9.28. The van der Waals surface area contributed by atoms with E-state index in [0.29, 0.717) is 17.8 Å². The van der Waals surface area contributed by atoms with Crippen LogP contribution < -0.4 is 0 Å². The quantitative estimate of drug-likeness (QED) is 0.808. The second kappa shape index (κ2) is 7.39. The highest BCUT2D eigenvalue weighted by Gasteiger charge is 2.18. The Kier molecular flexibility index (Phi) is 6.16. The van der Waals surface area contributed by atoms with Crippen molar-refractivity contribution in [2.24, 2.45) is 0 Å². The number of phenols is 1. The second-order valence-electron chi connectivity index (χ2n) is 4.85. The van der Waals surface area contributed by atoms with Crippen LogP contribution in [0.3, 0.4) is 0 Å². The molecule has 0 spiro atoms. The Morgan fingerprint density at radius 2 is 1.78 bits per heavy atom. The van der Waals surface area contributed by atoms with Crippen molar-refractivity contribution in [3.05, 3.63) is 29.8 Å². The van der Waals surface area contributed by atoms with Gasteiger partial charge in [-0.3, -0.25) is 4.90 Å². The van der Waals surface area contributed by atoms with Gasteiger partial charge < -0.3 is 9.84 Å². The summed E-state index contributed by atoms with van der Waals surface area (Å²) in [5, 5.41) is 9.28. The summed E-state index contributed by atoms with van der Waals surface area (Å²) < 4.78 is 5.23. The predicted octanol–water partition coefficient (Wildman–Crippen LogP) is 2.68. The topological polar surface area (TPSA) is 32.7 Å². The molecule has 0 heterocycles. The lowest BCUT2D eigenvalue weighted by molar-refractivity contribution is 0.0784. The molecule has 1 aromatic carbocycles. The van der Waals surface area contributed by atoms with Crippen LogP contribution in [0.1, 0.15) is 26.3 Å². The summed E-state index contributed by atoms with van der Waals surface area (Å²) in [6.45, 7) is 8.39. The van der Waals surface area contributed by atoms with Gasteiger partial charge >= 0.3 is 0 Å². The number of ether oxygens (including phenoxy) is 1. The standard InChI is InChI=1S/C15H25NO2/c1-5-16(13(3)11-18-4)12(2)10-14-6-8-15(17)9-7-14/h6-9,12-13,17H,5,10-11H2,1-4H3. The summed E-state index contributed by atoms with van der Waals surface area (Å²) in [5.41, 5.74) is 1.25. The first-order valence-electron chi connectivity index (χ1n) is 6.61. The highest BCUT2D eigenvalue weighted by Crippen LogP contribution is 2.15. The molecule has 1 aromatic rings. The van der Waals surface area contributed by atoms with Gasteiger partial charge in [0, 0.05) is 19.2 Å². The van der Waals surface area contributed by atoms with Gasteiger partial charge in [0.05, 0.1) is 6.61 Å². The first-order valence-corrected chi connectivity index (χ1v) is 6.61. The fraction of sp³-hybridized carbons (Fsp3) is 0.600. The Morgan fingerprint density at radius 3 is 2.28 bits per heavy atom. The van der Waals surface area contributed by atoms with Gasteiger partial charge in [-0.15, -0.1) is 0 Å². The van der Waals surface area contributed by atoms with Crippen LogP contribution in [0.2, 0.25) is 0 Å². The van der Waals surface area contributed by atoms with Crippen molar-refractivity contribution in [2.75, 3.05) is 20.3 Å². The van der Waals surface area contributed by atoms with Crippen molar-refractivity contribution in [1.29, 1.82) is 0 Å². The summed E-state index contributed by atoms with van der Waals surface area (Å²) in [5.74, 6) is 0.325. The lowest BCUT2D eigenvalue weighted by atomic mass is 10.0. The summed E-state index contributed by atoms with van der Waals surface area (Å²) >= 11 is 0. The molecule has 2 atom stereocenters. The van der Waals surface area contributed by atoms with E-state index >= 15 is 0 Å². The van der Waals surface area contributed by atoms with Crippen LogP contribution >= 0.6 is 0 Å². The Hall–Kier alpha value is -1.06. The van der Waals surface area contributed by atoms with E-state index in [0.717, 1.165) is 19.6 Å². The van der Waals surface area contributed by atoms with Crippen LogP contribution in [-0.2, 0) is 11.2 Å². The molecule has 1 rings (SSSR count). The van der Waals surface area contributed by atoms with Gasteiger partial charge in [0.25, 0.3) is 0 Å².